The maximum atomic E-state index is 11.5. The second-order valence-electron chi connectivity index (χ2n) is 3.42. The first-order chi connectivity index (χ1) is 7.52. The van der Waals surface area contributed by atoms with E-state index in [-0.39, 0.29) is 17.2 Å². The fraction of sp³-hybridized carbons (Fsp3) is 0.500. The van der Waals surface area contributed by atoms with Gasteiger partial charge < -0.3 is 10.6 Å². The number of anilines is 1. The SMILES string of the molecule is CCNC(=O)C(C)Nc1cc(C)nc(Cl)n1. The van der Waals surface area contributed by atoms with Crippen molar-refractivity contribution in [3.8, 4) is 0 Å². The van der Waals surface area contributed by atoms with Crippen LogP contribution in [-0.4, -0.2) is 28.5 Å². The van der Waals surface area contributed by atoms with Gasteiger partial charge in [0.1, 0.15) is 11.9 Å². The number of nitrogens with zero attached hydrogens (tertiary/aromatic N) is 2. The van der Waals surface area contributed by atoms with Gasteiger partial charge in [0.05, 0.1) is 0 Å². The lowest BCUT2D eigenvalue weighted by molar-refractivity contribution is -0.121. The van der Waals surface area contributed by atoms with Gasteiger partial charge in [-0.15, -0.1) is 0 Å². The van der Waals surface area contributed by atoms with Gasteiger partial charge in [0.25, 0.3) is 0 Å². The van der Waals surface area contributed by atoms with E-state index in [1.807, 2.05) is 13.8 Å². The third kappa shape index (κ3) is 3.66. The molecule has 0 aromatic carbocycles. The molecular formula is C10H15ClN4O. The predicted octanol–water partition coefficient (Wildman–Crippen LogP) is 1.37. The van der Waals surface area contributed by atoms with Crippen LogP contribution >= 0.6 is 11.6 Å². The number of halogens is 1. The van der Waals surface area contributed by atoms with Gasteiger partial charge in [0.15, 0.2) is 0 Å². The summed E-state index contributed by atoms with van der Waals surface area (Å²) >= 11 is 5.71. The molecule has 0 radical (unpaired) electrons. The monoisotopic (exact) mass is 242 g/mol. The van der Waals surface area contributed by atoms with Crippen molar-refractivity contribution in [3.05, 3.63) is 17.0 Å². The average molecular weight is 243 g/mol. The summed E-state index contributed by atoms with van der Waals surface area (Å²) in [5.74, 6) is 0.478. The van der Waals surface area contributed by atoms with Gasteiger partial charge >= 0.3 is 0 Å². The minimum Gasteiger partial charge on any atom is -0.358 e. The zero-order valence-corrected chi connectivity index (χ0v) is 10.3. The predicted molar refractivity (Wildman–Crippen MR) is 63.5 cm³/mol. The van der Waals surface area contributed by atoms with E-state index in [2.05, 4.69) is 20.6 Å². The second kappa shape index (κ2) is 5.65. The normalized spacial score (nSPS) is 12.0. The fourth-order valence-electron chi connectivity index (χ4n) is 1.22. The standard InChI is InChI=1S/C10H15ClN4O/c1-4-12-9(16)7(3)14-8-5-6(2)13-10(11)15-8/h5,7H,4H2,1-3H3,(H,12,16)(H,13,14,15). The van der Waals surface area contributed by atoms with Crippen molar-refractivity contribution in [3.63, 3.8) is 0 Å². The van der Waals surface area contributed by atoms with Gasteiger partial charge in [-0.3, -0.25) is 4.79 Å². The summed E-state index contributed by atoms with van der Waals surface area (Å²) in [6.07, 6.45) is 0. The van der Waals surface area contributed by atoms with E-state index >= 15 is 0 Å². The lowest BCUT2D eigenvalue weighted by Crippen LogP contribution is -2.37. The van der Waals surface area contributed by atoms with Crippen LogP contribution in [-0.2, 0) is 4.79 Å². The molecule has 1 aromatic heterocycles. The summed E-state index contributed by atoms with van der Waals surface area (Å²) in [5.41, 5.74) is 0.755. The van der Waals surface area contributed by atoms with E-state index < -0.39 is 0 Å². The van der Waals surface area contributed by atoms with E-state index in [1.54, 1.807) is 13.0 Å². The highest BCUT2D eigenvalue weighted by molar-refractivity contribution is 6.28. The average Bonchev–Trinajstić information content (AvgIpc) is 2.16. The van der Waals surface area contributed by atoms with Gasteiger partial charge in [0, 0.05) is 18.3 Å². The largest absolute Gasteiger partial charge is 0.358 e. The molecule has 6 heteroatoms. The number of likely N-dealkylation sites (N-methyl/N-ethyl adjacent to an activating group) is 1. The van der Waals surface area contributed by atoms with Crippen molar-refractivity contribution in [2.75, 3.05) is 11.9 Å². The van der Waals surface area contributed by atoms with Crippen molar-refractivity contribution in [2.24, 2.45) is 0 Å². The summed E-state index contributed by atoms with van der Waals surface area (Å²) in [6, 6.07) is 1.38. The Morgan fingerprint density at radius 1 is 1.56 bits per heavy atom. The van der Waals surface area contributed by atoms with Crippen LogP contribution in [0.1, 0.15) is 19.5 Å². The topological polar surface area (TPSA) is 66.9 Å². The molecular weight excluding hydrogens is 228 g/mol. The number of hydrogen-bond acceptors (Lipinski definition) is 4. The highest BCUT2D eigenvalue weighted by atomic mass is 35.5. The molecule has 1 atom stereocenters. The van der Waals surface area contributed by atoms with Crippen molar-refractivity contribution >= 4 is 23.3 Å². The minimum atomic E-state index is -0.356. The lowest BCUT2D eigenvalue weighted by atomic mass is 10.3. The van der Waals surface area contributed by atoms with Crippen LogP contribution in [0.5, 0.6) is 0 Å². The molecule has 1 unspecified atom stereocenters. The number of rotatable bonds is 4. The van der Waals surface area contributed by atoms with Crippen LogP contribution in [0.2, 0.25) is 5.28 Å². The van der Waals surface area contributed by atoms with E-state index in [0.29, 0.717) is 12.4 Å². The number of hydrogen-bond donors (Lipinski definition) is 2. The highest BCUT2D eigenvalue weighted by Gasteiger charge is 2.12. The van der Waals surface area contributed by atoms with E-state index in [1.165, 1.54) is 0 Å². The first-order valence-electron chi connectivity index (χ1n) is 5.08. The van der Waals surface area contributed by atoms with Crippen LogP contribution in [0.4, 0.5) is 5.82 Å². The molecule has 0 aliphatic heterocycles. The Hall–Kier alpha value is -1.36. The zero-order valence-electron chi connectivity index (χ0n) is 9.54. The molecule has 0 saturated heterocycles. The molecule has 0 spiro atoms. The maximum absolute atomic E-state index is 11.5. The Kier molecular flexibility index (Phi) is 4.49. The Bertz CT molecular complexity index is 363. The smallest absolute Gasteiger partial charge is 0.242 e. The molecule has 1 heterocycles. The second-order valence-corrected chi connectivity index (χ2v) is 3.76. The van der Waals surface area contributed by atoms with E-state index in [9.17, 15) is 4.79 Å². The van der Waals surface area contributed by atoms with Crippen molar-refractivity contribution in [2.45, 2.75) is 26.8 Å². The molecule has 0 bridgehead atoms. The maximum Gasteiger partial charge on any atom is 0.242 e. The molecule has 1 aromatic rings. The summed E-state index contributed by atoms with van der Waals surface area (Å²) in [4.78, 5) is 19.4. The summed E-state index contributed by atoms with van der Waals surface area (Å²) in [5, 5.41) is 5.85. The molecule has 0 aliphatic carbocycles. The molecule has 5 nitrogen and oxygen atoms in total. The number of carbonyl (C=O) groups is 1. The Morgan fingerprint density at radius 3 is 2.81 bits per heavy atom. The summed E-state index contributed by atoms with van der Waals surface area (Å²) < 4.78 is 0. The highest BCUT2D eigenvalue weighted by Crippen LogP contribution is 2.10. The Balaban J connectivity index is 2.69. The fourth-order valence-corrected chi connectivity index (χ4v) is 1.45. The van der Waals surface area contributed by atoms with Crippen LogP contribution in [0, 0.1) is 6.92 Å². The number of aromatic nitrogens is 2. The number of carbonyl (C=O) groups excluding carboxylic acids is 1. The molecule has 2 N–H and O–H groups in total. The first-order valence-corrected chi connectivity index (χ1v) is 5.46. The summed E-state index contributed by atoms with van der Waals surface area (Å²) in [6.45, 7) is 6.05. The summed E-state index contributed by atoms with van der Waals surface area (Å²) in [7, 11) is 0. The lowest BCUT2D eigenvalue weighted by Gasteiger charge is -2.14. The quantitative estimate of drug-likeness (QED) is 0.783. The van der Waals surface area contributed by atoms with Gasteiger partial charge in [-0.1, -0.05) is 0 Å². The molecule has 0 saturated carbocycles. The van der Waals surface area contributed by atoms with E-state index in [0.717, 1.165) is 5.69 Å². The molecule has 88 valence electrons. The van der Waals surface area contributed by atoms with Gasteiger partial charge in [-0.05, 0) is 32.4 Å². The molecule has 1 rings (SSSR count). The molecule has 0 fully saturated rings. The number of amides is 1. The first kappa shape index (κ1) is 12.7. The Morgan fingerprint density at radius 2 is 2.25 bits per heavy atom. The molecule has 0 aliphatic rings. The zero-order chi connectivity index (χ0) is 12.1. The Labute approximate surface area is 99.6 Å². The van der Waals surface area contributed by atoms with E-state index in [4.69, 9.17) is 11.6 Å². The van der Waals surface area contributed by atoms with Crippen LogP contribution < -0.4 is 10.6 Å². The molecule has 1 amide bonds. The van der Waals surface area contributed by atoms with Crippen molar-refractivity contribution in [1.29, 1.82) is 0 Å². The van der Waals surface area contributed by atoms with Crippen molar-refractivity contribution in [1.82, 2.24) is 15.3 Å². The van der Waals surface area contributed by atoms with Crippen LogP contribution in [0.15, 0.2) is 6.07 Å². The molecule has 16 heavy (non-hydrogen) atoms. The van der Waals surface area contributed by atoms with Crippen molar-refractivity contribution < 1.29 is 4.79 Å². The third-order valence-corrected chi connectivity index (χ3v) is 2.10. The number of nitrogens with one attached hydrogen (secondary N) is 2. The van der Waals surface area contributed by atoms with Crippen LogP contribution in [0.25, 0.3) is 0 Å². The minimum absolute atomic E-state index is 0.0742. The van der Waals surface area contributed by atoms with Gasteiger partial charge in [0.2, 0.25) is 11.2 Å². The van der Waals surface area contributed by atoms with Gasteiger partial charge in [-0.25, -0.2) is 9.97 Å². The number of aryl methyl sites for hydroxylation is 1. The third-order valence-electron chi connectivity index (χ3n) is 1.94. The van der Waals surface area contributed by atoms with Crippen LogP contribution in [0.3, 0.4) is 0 Å². The van der Waals surface area contributed by atoms with Gasteiger partial charge in [-0.2, -0.15) is 0 Å².